The number of hydrogen-bond donors (Lipinski definition) is 2. The molecule has 7 heteroatoms. The van der Waals surface area contributed by atoms with Crippen molar-refractivity contribution in [2.75, 3.05) is 5.43 Å². The molecule has 0 saturated heterocycles. The van der Waals surface area contributed by atoms with Crippen LogP contribution in [0.1, 0.15) is 0 Å². The van der Waals surface area contributed by atoms with Gasteiger partial charge in [-0.05, 0) is 60.7 Å². The topological polar surface area (TPSA) is 48.8 Å². The van der Waals surface area contributed by atoms with E-state index < -0.39 is 0 Å². The van der Waals surface area contributed by atoms with Crippen LogP contribution >= 0.6 is 35.7 Å². The van der Waals surface area contributed by atoms with E-state index in [1.165, 1.54) is 0 Å². The molecule has 32 heavy (non-hydrogen) atoms. The lowest BCUT2D eigenvalue weighted by molar-refractivity contribution is 1.08. The van der Waals surface area contributed by atoms with Gasteiger partial charge >= 0.3 is 0 Å². The van der Waals surface area contributed by atoms with Crippen LogP contribution in [0.3, 0.4) is 0 Å². The van der Waals surface area contributed by atoms with Gasteiger partial charge in [0, 0.05) is 19.6 Å². The van der Waals surface area contributed by atoms with Crippen LogP contribution < -0.4 is 10.9 Å². The Hall–Kier alpha value is -3.13. The fourth-order valence-electron chi connectivity index (χ4n) is 2.76. The smallest absolute Gasteiger partial charge is 0.232 e. The van der Waals surface area contributed by atoms with Gasteiger partial charge in [-0.15, -0.1) is 10.2 Å². The fraction of sp³-hybridized carbons (Fsp3) is 0. The molecule has 0 aliphatic heterocycles. The molecule has 0 aromatic heterocycles. The Morgan fingerprint density at radius 1 is 0.625 bits per heavy atom. The number of rotatable bonds is 7. The third kappa shape index (κ3) is 6.43. The van der Waals surface area contributed by atoms with Crippen LogP contribution in [-0.4, -0.2) is 5.11 Å². The summed E-state index contributed by atoms with van der Waals surface area (Å²) in [7, 11) is 0. The number of hydrogen-bond acceptors (Lipinski definition) is 5. The molecule has 0 saturated carbocycles. The maximum Gasteiger partial charge on any atom is 0.232 e. The Balaban J connectivity index is 1.39. The molecule has 0 bridgehead atoms. The summed E-state index contributed by atoms with van der Waals surface area (Å²) in [4.78, 5) is 4.40. The molecule has 0 amide bonds. The molecule has 158 valence electrons. The highest BCUT2D eigenvalue weighted by atomic mass is 32.2. The molecule has 0 aliphatic rings. The zero-order chi connectivity index (χ0) is 22.0. The van der Waals surface area contributed by atoms with Crippen LogP contribution in [0.4, 0.5) is 11.4 Å². The summed E-state index contributed by atoms with van der Waals surface area (Å²) < 4.78 is 0. The highest BCUT2D eigenvalue weighted by molar-refractivity contribution is 7.99. The number of nitrogens with zero attached hydrogens (tertiary/aromatic N) is 2. The standard InChI is InChI=1S/C25H20N4S3/c30-25(28-26-21-15-7-9-17-23(21)31-19-11-3-1-4-12-19)29-27-22-16-8-10-18-24(22)32-20-13-5-2-6-14-20/h1-18,26H,(H,28,30). The van der Waals surface area contributed by atoms with E-state index in [4.69, 9.17) is 12.2 Å². The minimum absolute atomic E-state index is 0.254. The first-order valence-electron chi connectivity index (χ1n) is 9.89. The van der Waals surface area contributed by atoms with Crippen LogP contribution in [0.5, 0.6) is 0 Å². The van der Waals surface area contributed by atoms with Crippen LogP contribution in [0.15, 0.2) is 139 Å². The third-order valence-electron chi connectivity index (χ3n) is 4.25. The maximum absolute atomic E-state index is 5.35. The van der Waals surface area contributed by atoms with Crippen molar-refractivity contribution in [1.82, 2.24) is 5.43 Å². The molecule has 0 atom stereocenters. The number of azo groups is 1. The molecule has 0 unspecified atom stereocenters. The summed E-state index contributed by atoms with van der Waals surface area (Å²) in [6.45, 7) is 0. The lowest BCUT2D eigenvalue weighted by atomic mass is 10.3. The van der Waals surface area contributed by atoms with E-state index in [9.17, 15) is 0 Å². The number of thiocarbonyl (C=S) groups is 1. The third-order valence-corrected chi connectivity index (χ3v) is 6.59. The second kappa shape index (κ2) is 11.5. The van der Waals surface area contributed by atoms with Gasteiger partial charge in [0.15, 0.2) is 0 Å². The van der Waals surface area contributed by atoms with Gasteiger partial charge in [0.1, 0.15) is 0 Å². The van der Waals surface area contributed by atoms with Crippen LogP contribution in [-0.2, 0) is 0 Å². The largest absolute Gasteiger partial charge is 0.298 e. The van der Waals surface area contributed by atoms with Crippen molar-refractivity contribution in [1.29, 1.82) is 0 Å². The monoisotopic (exact) mass is 472 g/mol. The van der Waals surface area contributed by atoms with Gasteiger partial charge in [-0.3, -0.25) is 10.9 Å². The summed E-state index contributed by atoms with van der Waals surface area (Å²) in [5.74, 6) is 0. The number of benzene rings is 4. The normalized spacial score (nSPS) is 10.8. The number of para-hydroxylation sites is 1. The first-order valence-corrected chi connectivity index (χ1v) is 11.9. The van der Waals surface area contributed by atoms with Crippen LogP contribution in [0.2, 0.25) is 0 Å². The molecule has 0 aliphatic carbocycles. The maximum atomic E-state index is 5.35. The predicted octanol–water partition coefficient (Wildman–Crippen LogP) is 7.97. The van der Waals surface area contributed by atoms with Crippen molar-refractivity contribution in [3.05, 3.63) is 109 Å². The van der Waals surface area contributed by atoms with Crippen molar-refractivity contribution in [2.45, 2.75) is 19.6 Å². The first kappa shape index (κ1) is 22.1. The SMILES string of the molecule is S=C(N=Nc1ccccc1Sc1ccccc1)NNc1ccccc1Sc1ccccc1. The van der Waals surface area contributed by atoms with Crippen molar-refractivity contribution >= 4 is 52.2 Å². The van der Waals surface area contributed by atoms with Gasteiger partial charge < -0.3 is 0 Å². The zero-order valence-electron chi connectivity index (χ0n) is 17.0. The van der Waals surface area contributed by atoms with Gasteiger partial charge in [-0.25, -0.2) is 0 Å². The molecule has 4 rings (SSSR count). The summed E-state index contributed by atoms with van der Waals surface area (Å²) in [5, 5.41) is 8.80. The second-order valence-electron chi connectivity index (χ2n) is 6.55. The Kier molecular flexibility index (Phi) is 7.92. The predicted molar refractivity (Wildman–Crippen MR) is 138 cm³/mol. The van der Waals surface area contributed by atoms with E-state index in [0.29, 0.717) is 0 Å². The van der Waals surface area contributed by atoms with Crippen LogP contribution in [0.25, 0.3) is 0 Å². The summed E-state index contributed by atoms with van der Waals surface area (Å²) >= 11 is 8.67. The van der Waals surface area contributed by atoms with Crippen molar-refractivity contribution in [3.8, 4) is 0 Å². The minimum Gasteiger partial charge on any atom is -0.298 e. The molecule has 0 spiro atoms. The van der Waals surface area contributed by atoms with Gasteiger partial charge in [-0.2, -0.15) is 0 Å². The van der Waals surface area contributed by atoms with E-state index in [1.54, 1.807) is 23.5 Å². The van der Waals surface area contributed by atoms with Crippen molar-refractivity contribution in [2.24, 2.45) is 10.2 Å². The van der Waals surface area contributed by atoms with Gasteiger partial charge in [0.25, 0.3) is 0 Å². The Bertz CT molecular complexity index is 1200. The molecule has 4 aromatic rings. The molecule has 0 fully saturated rings. The van der Waals surface area contributed by atoms with Crippen LogP contribution in [0, 0.1) is 0 Å². The molecule has 2 N–H and O–H groups in total. The summed E-state index contributed by atoms with van der Waals surface area (Å²) in [6.07, 6.45) is 0. The van der Waals surface area contributed by atoms with Crippen molar-refractivity contribution < 1.29 is 0 Å². The average Bonchev–Trinajstić information content (AvgIpc) is 2.84. The minimum atomic E-state index is 0.254. The van der Waals surface area contributed by atoms with E-state index in [2.05, 4.69) is 51.4 Å². The Morgan fingerprint density at radius 2 is 1.16 bits per heavy atom. The van der Waals surface area contributed by atoms with Gasteiger partial charge in [0.2, 0.25) is 5.11 Å². The van der Waals surface area contributed by atoms with Gasteiger partial charge in [0.05, 0.1) is 11.4 Å². The highest BCUT2D eigenvalue weighted by Gasteiger charge is 2.06. The van der Waals surface area contributed by atoms with E-state index in [1.807, 2.05) is 78.9 Å². The molecule has 0 heterocycles. The van der Waals surface area contributed by atoms with Gasteiger partial charge in [-0.1, -0.05) is 84.2 Å². The second-order valence-corrected chi connectivity index (χ2v) is 9.17. The number of nitrogens with one attached hydrogen (secondary N) is 2. The lowest BCUT2D eigenvalue weighted by Gasteiger charge is -2.12. The molecule has 4 aromatic carbocycles. The molecule has 4 nitrogen and oxygen atoms in total. The summed E-state index contributed by atoms with van der Waals surface area (Å²) in [6, 6.07) is 36.3. The molecular weight excluding hydrogens is 453 g/mol. The Morgan fingerprint density at radius 3 is 1.84 bits per heavy atom. The van der Waals surface area contributed by atoms with E-state index in [0.717, 1.165) is 31.0 Å². The number of hydrazine groups is 1. The lowest BCUT2D eigenvalue weighted by Crippen LogP contribution is -2.26. The summed E-state index contributed by atoms with van der Waals surface area (Å²) in [5.41, 5.74) is 7.80. The first-order chi connectivity index (χ1) is 15.8. The highest BCUT2D eigenvalue weighted by Crippen LogP contribution is 2.35. The Labute approximate surface area is 201 Å². The van der Waals surface area contributed by atoms with Crippen molar-refractivity contribution in [3.63, 3.8) is 0 Å². The molecular formula is C25H20N4S3. The van der Waals surface area contributed by atoms with E-state index in [-0.39, 0.29) is 5.11 Å². The number of anilines is 1. The van der Waals surface area contributed by atoms with E-state index >= 15 is 0 Å². The fourth-order valence-corrected chi connectivity index (χ4v) is 4.68. The molecule has 0 radical (unpaired) electrons. The average molecular weight is 473 g/mol. The zero-order valence-corrected chi connectivity index (χ0v) is 19.5. The quantitative estimate of drug-likeness (QED) is 0.162.